The van der Waals surface area contributed by atoms with Gasteiger partial charge in [0.2, 0.25) is 0 Å². The first kappa shape index (κ1) is 33.5. The summed E-state index contributed by atoms with van der Waals surface area (Å²) in [6.45, 7) is 55.6. The predicted octanol–water partition coefficient (Wildman–Crippen LogP) is 10.1. The summed E-state index contributed by atoms with van der Waals surface area (Å²) in [6.07, 6.45) is 2.66. The van der Waals surface area contributed by atoms with Crippen LogP contribution in [0.15, 0.2) is 12.7 Å². The van der Waals surface area contributed by atoms with E-state index in [1.807, 2.05) is 0 Å². The van der Waals surface area contributed by atoms with Gasteiger partial charge in [-0.15, -0.1) is 6.58 Å². The molecule has 0 fully saturated rings. The number of hydrogen-bond donors (Lipinski definition) is 0. The first-order chi connectivity index (χ1) is 13.9. The second-order valence-electron chi connectivity index (χ2n) is 16.6. The van der Waals surface area contributed by atoms with Crippen LogP contribution < -0.4 is 0 Å². The van der Waals surface area contributed by atoms with E-state index in [2.05, 4.69) is 157 Å². The zero-order valence-corrected chi connectivity index (χ0v) is 30.8. The quantitative estimate of drug-likeness (QED) is 0.184. The number of nitrogens with zero attached hydrogens (tertiary/aromatic N) is 2. The Morgan fingerprint density at radius 3 is 0.697 bits per heavy atom. The molecule has 6 heteroatoms. The van der Waals surface area contributed by atoms with Crippen molar-refractivity contribution in [3.63, 3.8) is 0 Å². The summed E-state index contributed by atoms with van der Waals surface area (Å²) in [5.41, 5.74) is 0. The maximum Gasteiger partial charge on any atom is 0.122 e. The lowest BCUT2D eigenvalue weighted by atomic mass is 10.2. The van der Waals surface area contributed by atoms with Gasteiger partial charge in [0, 0.05) is 0 Å². The van der Waals surface area contributed by atoms with Crippen molar-refractivity contribution < 1.29 is 0 Å². The van der Waals surface area contributed by atoms with E-state index in [0.29, 0.717) is 6.17 Å². The molecule has 0 saturated heterocycles. The topological polar surface area (TPSA) is 6.48 Å². The minimum atomic E-state index is -1.88. The molecule has 0 unspecified atom stereocenters. The fourth-order valence-electron chi connectivity index (χ4n) is 4.49. The standard InChI is InChI=1S/C27H64N2Si4/c1-22-23(28(30(14,15)24(2,3)4)31(16,17)25(5,6)7)29(32(18,19)26(8,9)10)33(20,21)27(11,12)13/h22-23H,1H2,2-21H3. The highest BCUT2D eigenvalue weighted by molar-refractivity contribution is 6.95. The third kappa shape index (κ3) is 6.09. The van der Waals surface area contributed by atoms with Crippen LogP contribution in [0.3, 0.4) is 0 Å². The van der Waals surface area contributed by atoms with E-state index in [-0.39, 0.29) is 20.2 Å². The lowest BCUT2D eigenvalue weighted by Crippen LogP contribution is -2.80. The van der Waals surface area contributed by atoms with Gasteiger partial charge in [-0.05, 0) is 20.2 Å². The highest BCUT2D eigenvalue weighted by Gasteiger charge is 2.60. The van der Waals surface area contributed by atoms with Crippen LogP contribution in [0.5, 0.6) is 0 Å². The molecular formula is C27H64N2Si4. The van der Waals surface area contributed by atoms with Crippen molar-refractivity contribution in [3.8, 4) is 0 Å². The van der Waals surface area contributed by atoms with Crippen molar-refractivity contribution in [2.75, 3.05) is 0 Å². The molecule has 33 heavy (non-hydrogen) atoms. The smallest absolute Gasteiger partial charge is 0.122 e. The van der Waals surface area contributed by atoms with Crippen molar-refractivity contribution >= 4 is 32.9 Å². The van der Waals surface area contributed by atoms with Gasteiger partial charge >= 0.3 is 0 Å². The van der Waals surface area contributed by atoms with E-state index >= 15 is 0 Å². The molecule has 0 heterocycles. The van der Waals surface area contributed by atoms with Gasteiger partial charge in [-0.2, -0.15) is 0 Å². The largest absolute Gasteiger partial charge is 0.328 e. The normalized spacial score (nSPS) is 16.2. The molecule has 0 spiro atoms. The summed E-state index contributed by atoms with van der Waals surface area (Å²) in [5.74, 6) is 0. The third-order valence-electron chi connectivity index (χ3n) is 10.5. The molecule has 0 rings (SSSR count). The molecule has 0 aromatic carbocycles. The van der Waals surface area contributed by atoms with Gasteiger partial charge in [0.15, 0.2) is 0 Å². The van der Waals surface area contributed by atoms with Crippen LogP contribution in [0, 0.1) is 0 Å². The summed E-state index contributed by atoms with van der Waals surface area (Å²) in [5, 5.41) is 1.10. The van der Waals surface area contributed by atoms with Crippen molar-refractivity contribution in [2.45, 2.75) is 162 Å². The van der Waals surface area contributed by atoms with Crippen LogP contribution in [0.25, 0.3) is 0 Å². The van der Waals surface area contributed by atoms with Gasteiger partial charge in [-0.25, -0.2) is 0 Å². The van der Waals surface area contributed by atoms with Gasteiger partial charge < -0.3 is 8.46 Å². The Hall–Kier alpha value is 0.528. The molecule has 0 atom stereocenters. The Balaban J connectivity index is 7.69. The third-order valence-corrected chi connectivity index (χ3v) is 37.8. The fourth-order valence-corrected chi connectivity index (χ4v) is 26.6. The summed E-state index contributed by atoms with van der Waals surface area (Å²) in [7, 11) is -7.50. The zero-order valence-electron chi connectivity index (χ0n) is 26.8. The minimum absolute atomic E-state index is 0.274. The van der Waals surface area contributed by atoms with E-state index < -0.39 is 32.9 Å². The van der Waals surface area contributed by atoms with Crippen molar-refractivity contribution in [1.29, 1.82) is 0 Å². The van der Waals surface area contributed by atoms with Gasteiger partial charge in [-0.3, -0.25) is 0 Å². The average molecular weight is 529 g/mol. The molecule has 0 N–H and O–H groups in total. The minimum Gasteiger partial charge on any atom is -0.328 e. The fraction of sp³-hybridized carbons (Fsp3) is 0.926. The Kier molecular flexibility index (Phi) is 9.59. The van der Waals surface area contributed by atoms with Gasteiger partial charge in [0.05, 0.1) is 6.17 Å². The van der Waals surface area contributed by atoms with Crippen LogP contribution in [0.1, 0.15) is 83.1 Å². The summed E-state index contributed by atoms with van der Waals surface area (Å²) >= 11 is 0. The van der Waals surface area contributed by atoms with Crippen LogP contribution >= 0.6 is 0 Å². The number of hydrogen-bond acceptors (Lipinski definition) is 2. The lowest BCUT2D eigenvalue weighted by Gasteiger charge is -2.67. The van der Waals surface area contributed by atoms with E-state index in [9.17, 15) is 0 Å². The number of rotatable bonds is 7. The molecule has 0 bridgehead atoms. The molecule has 0 amide bonds. The summed E-state index contributed by atoms with van der Waals surface area (Å²) in [4.78, 5) is 0. The van der Waals surface area contributed by atoms with E-state index in [1.54, 1.807) is 0 Å². The molecule has 2 nitrogen and oxygen atoms in total. The highest BCUT2D eigenvalue weighted by Crippen LogP contribution is 2.53. The monoisotopic (exact) mass is 528 g/mol. The molecule has 0 aliphatic heterocycles. The molecule has 0 aliphatic rings. The second-order valence-corrected chi connectivity index (χ2v) is 37.9. The summed E-state index contributed by atoms with van der Waals surface area (Å²) in [6, 6.07) is 0. The molecule has 0 aliphatic carbocycles. The first-order valence-corrected chi connectivity index (χ1v) is 24.9. The first-order valence-electron chi connectivity index (χ1n) is 13.2. The van der Waals surface area contributed by atoms with Crippen LogP contribution in [-0.4, -0.2) is 47.6 Å². The van der Waals surface area contributed by atoms with Crippen LogP contribution in [0.4, 0.5) is 0 Å². The molecule has 0 aromatic rings. The Bertz CT molecular complexity index is 573. The van der Waals surface area contributed by atoms with Crippen molar-refractivity contribution in [1.82, 2.24) is 8.46 Å². The van der Waals surface area contributed by atoms with Gasteiger partial charge in [-0.1, -0.05) is 142 Å². The summed E-state index contributed by atoms with van der Waals surface area (Å²) < 4.78 is 6.29. The van der Waals surface area contributed by atoms with E-state index in [4.69, 9.17) is 0 Å². The Morgan fingerprint density at radius 2 is 0.606 bits per heavy atom. The van der Waals surface area contributed by atoms with E-state index in [0.717, 1.165) is 0 Å². The van der Waals surface area contributed by atoms with Crippen LogP contribution in [0.2, 0.25) is 72.5 Å². The molecule has 0 radical (unpaired) electrons. The van der Waals surface area contributed by atoms with Crippen molar-refractivity contribution in [3.05, 3.63) is 12.7 Å². The predicted molar refractivity (Wildman–Crippen MR) is 166 cm³/mol. The van der Waals surface area contributed by atoms with Gasteiger partial charge in [0.25, 0.3) is 0 Å². The lowest BCUT2D eigenvalue weighted by molar-refractivity contribution is 0.322. The van der Waals surface area contributed by atoms with Gasteiger partial charge in [0.1, 0.15) is 32.9 Å². The molecule has 0 aromatic heterocycles. The Labute approximate surface area is 215 Å². The van der Waals surface area contributed by atoms with E-state index in [1.165, 1.54) is 0 Å². The maximum absolute atomic E-state index is 4.59. The average Bonchev–Trinajstić information content (AvgIpc) is 2.48. The maximum atomic E-state index is 4.59. The highest BCUT2D eigenvalue weighted by atomic mass is 28.4. The van der Waals surface area contributed by atoms with Crippen molar-refractivity contribution in [2.24, 2.45) is 0 Å². The second kappa shape index (κ2) is 9.44. The molecule has 0 saturated carbocycles. The Morgan fingerprint density at radius 1 is 0.455 bits per heavy atom. The SMILES string of the molecule is C=CC(N([Si](C)(C)C(C)(C)C)[Si](C)(C)C(C)(C)C)N([Si](C)(C)C(C)(C)C)[Si](C)(C)C(C)(C)C. The zero-order chi connectivity index (χ0) is 27.4. The molecule has 198 valence electrons. The van der Waals surface area contributed by atoms with Crippen LogP contribution in [-0.2, 0) is 0 Å². The molecular weight excluding hydrogens is 465 g/mol.